The summed E-state index contributed by atoms with van der Waals surface area (Å²) in [7, 11) is -3.85. The quantitative estimate of drug-likeness (QED) is 0.714. The molecule has 0 radical (unpaired) electrons. The van der Waals surface area contributed by atoms with Gasteiger partial charge in [-0.1, -0.05) is 47.5 Å². The molecule has 0 unspecified atom stereocenters. The van der Waals surface area contributed by atoms with E-state index in [1.807, 2.05) is 18.2 Å². The fourth-order valence-electron chi connectivity index (χ4n) is 1.98. The van der Waals surface area contributed by atoms with Gasteiger partial charge in [0.1, 0.15) is 4.90 Å². The molecule has 0 heterocycles. The van der Waals surface area contributed by atoms with E-state index in [0.717, 1.165) is 11.1 Å². The lowest BCUT2D eigenvalue weighted by Crippen LogP contribution is -2.24. The van der Waals surface area contributed by atoms with Gasteiger partial charge in [0.2, 0.25) is 10.0 Å². The van der Waals surface area contributed by atoms with Crippen LogP contribution in [-0.4, -0.2) is 8.42 Å². The zero-order chi connectivity index (χ0) is 16.3. The van der Waals surface area contributed by atoms with Crippen molar-refractivity contribution < 1.29 is 8.42 Å². The van der Waals surface area contributed by atoms with E-state index in [0.29, 0.717) is 6.54 Å². The molecule has 0 bridgehead atoms. The van der Waals surface area contributed by atoms with E-state index >= 15 is 0 Å². The topological polar surface area (TPSA) is 98.2 Å². The first-order chi connectivity index (χ1) is 10.3. The largest absolute Gasteiger partial charge is 0.398 e. The lowest BCUT2D eigenvalue weighted by atomic mass is 10.1. The van der Waals surface area contributed by atoms with Gasteiger partial charge in [-0.05, 0) is 23.3 Å². The predicted octanol–water partition coefficient (Wildman–Crippen LogP) is 2.51. The number of nitrogens with one attached hydrogen (secondary N) is 1. The molecule has 118 valence electrons. The summed E-state index contributed by atoms with van der Waals surface area (Å²) in [5.74, 6) is 0. The number of nitrogen functional groups attached to an aromatic ring is 1. The van der Waals surface area contributed by atoms with Gasteiger partial charge in [0, 0.05) is 18.1 Å². The average Bonchev–Trinajstić information content (AvgIpc) is 2.44. The highest BCUT2D eigenvalue weighted by atomic mass is 35.5. The molecule has 22 heavy (non-hydrogen) atoms. The first kappa shape index (κ1) is 17.1. The molecule has 2 aromatic rings. The molecule has 0 aliphatic carbocycles. The van der Waals surface area contributed by atoms with Crippen molar-refractivity contribution in [2.75, 3.05) is 5.73 Å². The molecule has 0 saturated heterocycles. The third kappa shape index (κ3) is 3.91. The van der Waals surface area contributed by atoms with Crippen LogP contribution in [0.5, 0.6) is 0 Å². The molecule has 0 aromatic heterocycles. The smallest absolute Gasteiger partial charge is 0.244 e. The van der Waals surface area contributed by atoms with Gasteiger partial charge in [0.25, 0.3) is 0 Å². The van der Waals surface area contributed by atoms with E-state index in [9.17, 15) is 8.42 Å². The van der Waals surface area contributed by atoms with E-state index in [4.69, 9.17) is 34.7 Å². The Morgan fingerprint density at radius 1 is 1.09 bits per heavy atom. The monoisotopic (exact) mass is 359 g/mol. The van der Waals surface area contributed by atoms with Gasteiger partial charge in [-0.2, -0.15) is 0 Å². The zero-order valence-electron chi connectivity index (χ0n) is 11.5. The summed E-state index contributed by atoms with van der Waals surface area (Å²) >= 11 is 11.7. The second-order valence-corrected chi connectivity index (χ2v) is 7.20. The van der Waals surface area contributed by atoms with Gasteiger partial charge in [0.15, 0.2) is 0 Å². The number of sulfonamides is 1. The maximum absolute atomic E-state index is 12.4. The van der Waals surface area contributed by atoms with Crippen molar-refractivity contribution in [2.45, 2.75) is 18.0 Å². The first-order valence-corrected chi connectivity index (χ1v) is 8.59. The van der Waals surface area contributed by atoms with Crippen molar-refractivity contribution in [3.8, 4) is 0 Å². The molecule has 2 rings (SSSR count). The Labute approximate surface area is 139 Å². The number of hydrogen-bond acceptors (Lipinski definition) is 4. The highest BCUT2D eigenvalue weighted by Gasteiger charge is 2.21. The Bertz CT molecular complexity index is 771. The van der Waals surface area contributed by atoms with E-state index < -0.39 is 10.0 Å². The summed E-state index contributed by atoms with van der Waals surface area (Å²) in [5, 5.41) is 0.255. The van der Waals surface area contributed by atoms with Crippen LogP contribution in [0.4, 0.5) is 5.69 Å². The lowest BCUT2D eigenvalue weighted by Gasteiger charge is -2.11. The normalized spacial score (nSPS) is 11.6. The van der Waals surface area contributed by atoms with E-state index in [1.165, 1.54) is 12.1 Å². The molecule has 0 aliphatic rings. The van der Waals surface area contributed by atoms with Crippen LogP contribution < -0.4 is 16.2 Å². The average molecular weight is 360 g/mol. The minimum atomic E-state index is -3.85. The van der Waals surface area contributed by atoms with Crippen LogP contribution in [0.1, 0.15) is 11.1 Å². The molecule has 0 amide bonds. The van der Waals surface area contributed by atoms with Crippen LogP contribution in [-0.2, 0) is 23.1 Å². The predicted molar refractivity (Wildman–Crippen MR) is 89.2 cm³/mol. The Balaban J connectivity index is 2.25. The molecule has 8 heteroatoms. The lowest BCUT2D eigenvalue weighted by molar-refractivity contribution is 0.582. The van der Waals surface area contributed by atoms with Crippen LogP contribution in [0.3, 0.4) is 0 Å². The molecule has 2 aromatic carbocycles. The number of rotatable bonds is 5. The fourth-order valence-corrected chi connectivity index (χ4v) is 3.98. The van der Waals surface area contributed by atoms with E-state index in [1.54, 1.807) is 6.07 Å². The summed E-state index contributed by atoms with van der Waals surface area (Å²) < 4.78 is 27.2. The third-order valence-electron chi connectivity index (χ3n) is 3.00. The van der Waals surface area contributed by atoms with Crippen molar-refractivity contribution in [1.29, 1.82) is 0 Å². The van der Waals surface area contributed by atoms with Gasteiger partial charge in [0.05, 0.1) is 10.7 Å². The van der Waals surface area contributed by atoms with Crippen LogP contribution in [0.25, 0.3) is 0 Å². The van der Waals surface area contributed by atoms with Gasteiger partial charge in [-0.15, -0.1) is 0 Å². The molecule has 5 N–H and O–H groups in total. The highest BCUT2D eigenvalue weighted by molar-refractivity contribution is 7.89. The van der Waals surface area contributed by atoms with Crippen LogP contribution in [0.2, 0.25) is 10.0 Å². The summed E-state index contributed by atoms with van der Waals surface area (Å²) in [6, 6.07) is 9.99. The van der Waals surface area contributed by atoms with Crippen molar-refractivity contribution in [1.82, 2.24) is 4.72 Å². The van der Waals surface area contributed by atoms with Gasteiger partial charge in [-0.25, -0.2) is 13.1 Å². The summed E-state index contributed by atoms with van der Waals surface area (Å²) in [4.78, 5) is -0.173. The Morgan fingerprint density at radius 3 is 2.41 bits per heavy atom. The molecule has 0 saturated carbocycles. The zero-order valence-corrected chi connectivity index (χ0v) is 13.8. The van der Waals surface area contributed by atoms with Crippen molar-refractivity contribution in [3.05, 3.63) is 57.6 Å². The van der Waals surface area contributed by atoms with Gasteiger partial charge in [-0.3, -0.25) is 0 Å². The number of nitrogens with two attached hydrogens (primary N) is 2. The molecular formula is C14H15Cl2N3O2S. The summed E-state index contributed by atoms with van der Waals surface area (Å²) in [6.45, 7) is 0.491. The SMILES string of the molecule is NCc1cccc(CNS(=O)(=O)c2c(N)cc(Cl)cc2Cl)c1. The van der Waals surface area contributed by atoms with Crippen LogP contribution >= 0.6 is 23.2 Å². The van der Waals surface area contributed by atoms with Gasteiger partial charge >= 0.3 is 0 Å². The number of hydrogen-bond donors (Lipinski definition) is 3. The van der Waals surface area contributed by atoms with Crippen LogP contribution in [0, 0.1) is 0 Å². The molecule has 0 atom stereocenters. The van der Waals surface area contributed by atoms with E-state index in [2.05, 4.69) is 4.72 Å². The fraction of sp³-hybridized carbons (Fsp3) is 0.143. The minimum Gasteiger partial charge on any atom is -0.398 e. The second-order valence-electron chi connectivity index (χ2n) is 4.65. The molecule has 5 nitrogen and oxygen atoms in total. The third-order valence-corrected chi connectivity index (χ3v) is 5.15. The minimum absolute atomic E-state index is 0.000656. The highest BCUT2D eigenvalue weighted by Crippen LogP contribution is 2.31. The summed E-state index contributed by atoms with van der Waals surface area (Å²) in [5.41, 5.74) is 13.0. The van der Waals surface area contributed by atoms with Crippen molar-refractivity contribution in [3.63, 3.8) is 0 Å². The van der Waals surface area contributed by atoms with Crippen molar-refractivity contribution >= 4 is 38.9 Å². The van der Waals surface area contributed by atoms with Crippen molar-refractivity contribution in [2.24, 2.45) is 5.73 Å². The molecule has 0 spiro atoms. The van der Waals surface area contributed by atoms with E-state index in [-0.39, 0.29) is 27.2 Å². The second kappa shape index (κ2) is 6.85. The molecule has 0 fully saturated rings. The van der Waals surface area contributed by atoms with Gasteiger partial charge < -0.3 is 11.5 Å². The maximum atomic E-state index is 12.4. The number of anilines is 1. The first-order valence-electron chi connectivity index (χ1n) is 6.35. The van der Waals surface area contributed by atoms with Crippen LogP contribution in [0.15, 0.2) is 41.3 Å². The Hall–Kier alpha value is -1.31. The Morgan fingerprint density at radius 2 is 1.77 bits per heavy atom. The number of halogens is 2. The number of benzene rings is 2. The Kier molecular flexibility index (Phi) is 5.31. The summed E-state index contributed by atoms with van der Waals surface area (Å²) in [6.07, 6.45) is 0. The molecule has 0 aliphatic heterocycles. The maximum Gasteiger partial charge on any atom is 0.244 e. The molecular weight excluding hydrogens is 345 g/mol. The standard InChI is InChI=1S/C14H15Cl2N3O2S/c15-11-5-12(16)14(13(18)6-11)22(20,21)19-8-10-3-1-2-9(4-10)7-17/h1-6,19H,7-8,17-18H2.